The van der Waals surface area contributed by atoms with Crippen molar-refractivity contribution in [3.05, 3.63) is 0 Å². The molecule has 0 bridgehead atoms. The Morgan fingerprint density at radius 3 is 0.689 bits per heavy atom. The minimum Gasteiger partial charge on any atom is -0.462 e. The predicted molar refractivity (Wildman–Crippen MR) is 423 cm³/mol. The molecule has 0 aliphatic carbocycles. The molecule has 0 aromatic rings. The van der Waals surface area contributed by atoms with Gasteiger partial charge in [0.05, 0.1) is 26.4 Å². The fourth-order valence-corrected chi connectivity index (χ4v) is 14.5. The third kappa shape index (κ3) is 76.6. The smallest absolute Gasteiger partial charge is 0.462 e. The number of ether oxygens (including phenoxy) is 4. The van der Waals surface area contributed by atoms with Crippen molar-refractivity contribution in [3.8, 4) is 0 Å². The molecule has 0 aliphatic heterocycles. The number of phosphoric ester groups is 2. The lowest BCUT2D eigenvalue weighted by molar-refractivity contribution is -0.161. The molecule has 103 heavy (non-hydrogen) atoms. The van der Waals surface area contributed by atoms with Crippen molar-refractivity contribution in [2.75, 3.05) is 39.6 Å². The second-order valence-electron chi connectivity index (χ2n) is 31.9. The first-order chi connectivity index (χ1) is 49.6. The van der Waals surface area contributed by atoms with E-state index >= 15 is 0 Å². The van der Waals surface area contributed by atoms with Gasteiger partial charge in [0, 0.05) is 25.7 Å². The van der Waals surface area contributed by atoms with E-state index in [1.165, 1.54) is 238 Å². The van der Waals surface area contributed by atoms with Gasteiger partial charge >= 0.3 is 39.5 Å². The molecule has 3 N–H and O–H groups in total. The van der Waals surface area contributed by atoms with Crippen LogP contribution >= 0.6 is 15.6 Å². The van der Waals surface area contributed by atoms with E-state index in [4.69, 9.17) is 37.0 Å². The maximum atomic E-state index is 13.1. The number of aliphatic hydroxyl groups is 1. The van der Waals surface area contributed by atoms with Crippen LogP contribution in [-0.4, -0.2) is 96.7 Å². The molecule has 0 rings (SSSR count). The number of hydrogen-bond donors (Lipinski definition) is 3. The standard InChI is InChI=1S/C84H164O17P2/c1-9-77(8)63-55-47-39-30-23-19-14-12-10-11-13-15-21-25-32-42-50-58-66-83(88)100-79(70-94-81(86)64-56-48-40-31-24-20-17-16-18-22-28-36-44-52-60-74(2)3)72-98-102(90,91)96-68-78(85)69-97-103(92,93)99-73-80(71-95-82(87)65-57-49-41-35-34-38-46-54-62-76(6)7)101-84(89)67-59-51-43-33-27-26-29-37-45-53-61-75(4)5/h74-80,85H,9-73H2,1-8H3,(H,90,91)(H,92,93)/t77?,78?,79-,80-/m1/s1. The zero-order valence-electron chi connectivity index (χ0n) is 68.0. The minimum absolute atomic E-state index is 0.105. The van der Waals surface area contributed by atoms with Crippen molar-refractivity contribution in [3.63, 3.8) is 0 Å². The summed E-state index contributed by atoms with van der Waals surface area (Å²) in [6.45, 7) is 14.3. The summed E-state index contributed by atoms with van der Waals surface area (Å²) in [6.07, 6.45) is 61.1. The van der Waals surface area contributed by atoms with E-state index < -0.39 is 97.5 Å². The van der Waals surface area contributed by atoms with E-state index in [1.54, 1.807) is 0 Å². The summed E-state index contributed by atoms with van der Waals surface area (Å²) in [5.41, 5.74) is 0. The molecule has 0 radical (unpaired) electrons. The van der Waals surface area contributed by atoms with Gasteiger partial charge in [0.25, 0.3) is 0 Å². The zero-order chi connectivity index (χ0) is 76.0. The third-order valence-electron chi connectivity index (χ3n) is 19.9. The van der Waals surface area contributed by atoms with Crippen LogP contribution in [0.5, 0.6) is 0 Å². The summed E-state index contributed by atoms with van der Waals surface area (Å²) in [7, 11) is -9.93. The first-order valence-electron chi connectivity index (χ1n) is 43.2. The van der Waals surface area contributed by atoms with E-state index in [1.807, 2.05) is 0 Å². The van der Waals surface area contributed by atoms with Crippen molar-refractivity contribution >= 4 is 39.5 Å². The van der Waals surface area contributed by atoms with Crippen molar-refractivity contribution in [2.24, 2.45) is 23.7 Å². The first-order valence-corrected chi connectivity index (χ1v) is 46.2. The van der Waals surface area contributed by atoms with Crippen LogP contribution in [0.2, 0.25) is 0 Å². The van der Waals surface area contributed by atoms with Crippen LogP contribution in [-0.2, 0) is 65.4 Å². The van der Waals surface area contributed by atoms with Gasteiger partial charge in [-0.1, -0.05) is 383 Å². The summed E-state index contributed by atoms with van der Waals surface area (Å²) in [6, 6.07) is 0. The number of phosphoric acid groups is 2. The van der Waals surface area contributed by atoms with E-state index in [2.05, 4.69) is 55.4 Å². The number of carbonyl (C=O) groups excluding carboxylic acids is 4. The highest BCUT2D eigenvalue weighted by molar-refractivity contribution is 7.47. The molecule has 6 atom stereocenters. The Balaban J connectivity index is 5.23. The predicted octanol–water partition coefficient (Wildman–Crippen LogP) is 25.2. The van der Waals surface area contributed by atoms with Gasteiger partial charge in [0.2, 0.25) is 0 Å². The van der Waals surface area contributed by atoms with Crippen molar-refractivity contribution in [2.45, 2.75) is 453 Å². The fourth-order valence-electron chi connectivity index (χ4n) is 12.9. The molecule has 19 heteroatoms. The molecule has 0 aromatic carbocycles. The Morgan fingerprint density at radius 1 is 0.272 bits per heavy atom. The molecule has 0 spiro atoms. The van der Waals surface area contributed by atoms with Gasteiger partial charge in [-0.2, -0.15) is 0 Å². The van der Waals surface area contributed by atoms with E-state index in [0.29, 0.717) is 25.7 Å². The van der Waals surface area contributed by atoms with Gasteiger partial charge in [0.1, 0.15) is 19.3 Å². The fraction of sp³-hybridized carbons (Fsp3) is 0.952. The number of aliphatic hydroxyl groups excluding tert-OH is 1. The number of unbranched alkanes of at least 4 members (excludes halogenated alkanes) is 46. The maximum Gasteiger partial charge on any atom is 0.472 e. The highest BCUT2D eigenvalue weighted by atomic mass is 31.2. The molecule has 0 aromatic heterocycles. The summed E-state index contributed by atoms with van der Waals surface area (Å²) >= 11 is 0. The van der Waals surface area contributed by atoms with Gasteiger partial charge in [-0.05, 0) is 49.4 Å². The van der Waals surface area contributed by atoms with Crippen LogP contribution in [0.3, 0.4) is 0 Å². The summed E-state index contributed by atoms with van der Waals surface area (Å²) in [5, 5.41) is 10.7. The lowest BCUT2D eigenvalue weighted by atomic mass is 9.99. The molecule has 0 amide bonds. The second kappa shape index (κ2) is 72.9. The Morgan fingerprint density at radius 2 is 0.466 bits per heavy atom. The van der Waals surface area contributed by atoms with E-state index in [0.717, 1.165) is 114 Å². The average Bonchev–Trinajstić information content (AvgIpc) is 1.05. The van der Waals surface area contributed by atoms with Gasteiger partial charge < -0.3 is 33.8 Å². The molecule has 17 nitrogen and oxygen atoms in total. The SMILES string of the molecule is CCC(C)CCCCCCCCCCCCCCCCCCCCC(=O)O[C@H](COC(=O)CCCCCCCCCCCCCCCCC(C)C)COP(=O)(O)OCC(O)COP(=O)(O)OC[C@@H](COC(=O)CCCCCCCCCCC(C)C)OC(=O)CCCCCCCCCCCCC(C)C. The number of rotatable bonds is 81. The van der Waals surface area contributed by atoms with Crippen molar-refractivity contribution < 1.29 is 80.2 Å². The Labute approximate surface area is 632 Å². The lowest BCUT2D eigenvalue weighted by Crippen LogP contribution is -2.30. The van der Waals surface area contributed by atoms with Crippen molar-refractivity contribution in [1.29, 1.82) is 0 Å². The molecule has 0 heterocycles. The molecule has 0 saturated carbocycles. The minimum atomic E-state index is -4.97. The van der Waals surface area contributed by atoms with E-state index in [9.17, 15) is 43.2 Å². The van der Waals surface area contributed by atoms with Crippen LogP contribution in [0, 0.1) is 23.7 Å². The van der Waals surface area contributed by atoms with E-state index in [-0.39, 0.29) is 25.7 Å². The average molecular weight is 1510 g/mol. The molecule has 0 saturated heterocycles. The largest absolute Gasteiger partial charge is 0.472 e. The highest BCUT2D eigenvalue weighted by Gasteiger charge is 2.30. The van der Waals surface area contributed by atoms with Crippen LogP contribution in [0.15, 0.2) is 0 Å². The highest BCUT2D eigenvalue weighted by Crippen LogP contribution is 2.45. The van der Waals surface area contributed by atoms with Gasteiger partial charge in [-0.3, -0.25) is 37.3 Å². The molecule has 0 fully saturated rings. The van der Waals surface area contributed by atoms with Crippen LogP contribution in [0.1, 0.15) is 434 Å². The molecule has 612 valence electrons. The molecular weight excluding hydrogens is 1340 g/mol. The van der Waals surface area contributed by atoms with Gasteiger partial charge in [-0.15, -0.1) is 0 Å². The number of carbonyl (C=O) groups is 4. The topological polar surface area (TPSA) is 237 Å². The number of hydrogen-bond acceptors (Lipinski definition) is 15. The maximum absolute atomic E-state index is 13.1. The van der Waals surface area contributed by atoms with Crippen LogP contribution in [0.4, 0.5) is 0 Å². The quantitative estimate of drug-likeness (QED) is 0.0222. The van der Waals surface area contributed by atoms with Gasteiger partial charge in [-0.25, -0.2) is 9.13 Å². The molecular formula is C84H164O17P2. The third-order valence-corrected chi connectivity index (χ3v) is 21.8. The Bertz CT molecular complexity index is 2010. The van der Waals surface area contributed by atoms with Crippen LogP contribution < -0.4 is 0 Å². The summed E-state index contributed by atoms with van der Waals surface area (Å²) in [4.78, 5) is 73.1. The monoisotopic (exact) mass is 1510 g/mol. The lowest BCUT2D eigenvalue weighted by Gasteiger charge is -2.21. The number of esters is 4. The summed E-state index contributed by atoms with van der Waals surface area (Å²) < 4.78 is 68.8. The molecule has 0 aliphatic rings. The van der Waals surface area contributed by atoms with Gasteiger partial charge in [0.15, 0.2) is 12.2 Å². The second-order valence-corrected chi connectivity index (χ2v) is 34.8. The zero-order valence-corrected chi connectivity index (χ0v) is 69.7. The normalized spacial score (nSPS) is 14.2. The van der Waals surface area contributed by atoms with Crippen LogP contribution in [0.25, 0.3) is 0 Å². The summed E-state index contributed by atoms with van der Waals surface area (Å²) in [5.74, 6) is 1.04. The molecule has 4 unspecified atom stereocenters. The Hall–Kier alpha value is -1.94. The van der Waals surface area contributed by atoms with Crippen molar-refractivity contribution in [1.82, 2.24) is 0 Å². The first kappa shape index (κ1) is 101. The Kier molecular flexibility index (Phi) is 71.5.